The number of rotatable bonds is 5. The average molecular weight is 259 g/mol. The molecule has 0 aromatic carbocycles. The van der Waals surface area contributed by atoms with E-state index in [2.05, 4.69) is 42.0 Å². The molecule has 0 bridgehead atoms. The lowest BCUT2D eigenvalue weighted by molar-refractivity contribution is 0.490. The van der Waals surface area contributed by atoms with Crippen LogP contribution in [0.25, 0.3) is 0 Å². The van der Waals surface area contributed by atoms with Crippen LogP contribution in [0.3, 0.4) is 0 Å². The van der Waals surface area contributed by atoms with E-state index < -0.39 is 0 Å². The molecule has 2 N–H and O–H groups in total. The van der Waals surface area contributed by atoms with Gasteiger partial charge in [-0.05, 0) is 64.4 Å². The third-order valence-electron chi connectivity index (χ3n) is 4.72. The molecule has 3 heteroatoms. The second kappa shape index (κ2) is 4.69. The van der Waals surface area contributed by atoms with Crippen molar-refractivity contribution in [3.05, 3.63) is 29.7 Å². The number of aryl methyl sites for hydroxylation is 1. The van der Waals surface area contributed by atoms with Crippen LogP contribution in [0.5, 0.6) is 0 Å². The van der Waals surface area contributed by atoms with Gasteiger partial charge in [0, 0.05) is 22.8 Å². The van der Waals surface area contributed by atoms with E-state index in [4.69, 9.17) is 0 Å². The number of hydrogen-bond acceptors (Lipinski definition) is 2. The maximum absolute atomic E-state index is 4.25. The largest absolute Gasteiger partial charge is 0.384 e. The third kappa shape index (κ3) is 3.02. The smallest absolute Gasteiger partial charge is 0.0594 e. The van der Waals surface area contributed by atoms with Crippen LogP contribution in [0.4, 0.5) is 0 Å². The van der Waals surface area contributed by atoms with Crippen molar-refractivity contribution in [1.82, 2.24) is 15.5 Å². The van der Waals surface area contributed by atoms with Crippen LogP contribution < -0.4 is 5.32 Å². The fraction of sp³-hybridized carbons (Fsp3) is 0.688. The van der Waals surface area contributed by atoms with Gasteiger partial charge in [-0.2, -0.15) is 5.10 Å². The molecule has 0 amide bonds. The van der Waals surface area contributed by atoms with Gasteiger partial charge in [0.25, 0.3) is 0 Å². The van der Waals surface area contributed by atoms with Gasteiger partial charge in [-0.1, -0.05) is 6.58 Å². The first-order valence-corrected chi connectivity index (χ1v) is 7.52. The molecule has 0 aliphatic heterocycles. The van der Waals surface area contributed by atoms with Crippen LogP contribution in [0.15, 0.2) is 18.3 Å². The highest BCUT2D eigenvalue weighted by Crippen LogP contribution is 2.41. The molecule has 1 aromatic heterocycles. The van der Waals surface area contributed by atoms with Crippen LogP contribution in [0.2, 0.25) is 0 Å². The van der Waals surface area contributed by atoms with E-state index in [1.165, 1.54) is 43.5 Å². The zero-order valence-corrected chi connectivity index (χ0v) is 12.1. The van der Waals surface area contributed by atoms with Crippen LogP contribution in [-0.4, -0.2) is 15.7 Å². The summed E-state index contributed by atoms with van der Waals surface area (Å²) in [6.07, 6.45) is 7.62. The highest BCUT2D eigenvalue weighted by Gasteiger charge is 2.37. The van der Waals surface area contributed by atoms with Crippen LogP contribution in [-0.2, 0) is 0 Å². The summed E-state index contributed by atoms with van der Waals surface area (Å²) < 4.78 is 0. The molecule has 2 saturated carbocycles. The Balaban J connectivity index is 1.50. The number of allylic oxidation sites excluding steroid dienone is 1. The molecule has 2 atom stereocenters. The van der Waals surface area contributed by atoms with Gasteiger partial charge < -0.3 is 5.32 Å². The van der Waals surface area contributed by atoms with Crippen LogP contribution in [0.1, 0.15) is 62.8 Å². The Labute approximate surface area is 115 Å². The van der Waals surface area contributed by atoms with E-state index >= 15 is 0 Å². The molecule has 1 heterocycles. The topological polar surface area (TPSA) is 40.7 Å². The number of nitrogens with one attached hydrogen (secondary N) is 2. The maximum Gasteiger partial charge on any atom is 0.0594 e. The van der Waals surface area contributed by atoms with Crippen molar-refractivity contribution in [3.8, 4) is 0 Å². The molecule has 3 rings (SSSR count). The standard InChI is InChI=1S/C16H25N3/c1-11(17-16(3)6-7-16)8-13-4-5-14(10-13)15-9-12(2)18-19-15/h9,13-14,17H,1,4-8,10H2,2-3H3,(H,18,19). The van der Waals surface area contributed by atoms with E-state index in [9.17, 15) is 0 Å². The molecular formula is C16H25N3. The normalized spacial score (nSPS) is 28.3. The summed E-state index contributed by atoms with van der Waals surface area (Å²) in [7, 11) is 0. The number of H-pyrrole nitrogens is 1. The number of aromatic nitrogens is 2. The predicted octanol–water partition coefficient (Wildman–Crippen LogP) is 3.65. The average Bonchev–Trinajstić information content (AvgIpc) is 2.79. The molecule has 3 nitrogen and oxygen atoms in total. The van der Waals surface area contributed by atoms with Gasteiger partial charge in [-0.15, -0.1) is 0 Å². The molecule has 1 aromatic rings. The van der Waals surface area contributed by atoms with Crippen molar-refractivity contribution in [2.45, 2.75) is 63.8 Å². The van der Waals surface area contributed by atoms with Crippen molar-refractivity contribution in [2.24, 2.45) is 5.92 Å². The first-order chi connectivity index (χ1) is 9.04. The number of nitrogens with zero attached hydrogens (tertiary/aromatic N) is 1. The van der Waals surface area contributed by atoms with Crippen molar-refractivity contribution < 1.29 is 0 Å². The Bertz CT molecular complexity index is 470. The number of aromatic amines is 1. The Morgan fingerprint density at radius 2 is 2.32 bits per heavy atom. The summed E-state index contributed by atoms with van der Waals surface area (Å²) in [6, 6.07) is 2.20. The summed E-state index contributed by atoms with van der Waals surface area (Å²) in [5, 5.41) is 11.0. The lowest BCUT2D eigenvalue weighted by Crippen LogP contribution is -2.27. The second-order valence-electron chi connectivity index (χ2n) is 6.83. The van der Waals surface area contributed by atoms with E-state index in [1.54, 1.807) is 0 Å². The first kappa shape index (κ1) is 12.8. The van der Waals surface area contributed by atoms with Gasteiger partial charge in [-0.25, -0.2) is 0 Å². The highest BCUT2D eigenvalue weighted by molar-refractivity contribution is 5.14. The minimum absolute atomic E-state index is 0.371. The summed E-state index contributed by atoms with van der Waals surface area (Å²) in [4.78, 5) is 0. The van der Waals surface area contributed by atoms with E-state index in [0.29, 0.717) is 11.5 Å². The third-order valence-corrected chi connectivity index (χ3v) is 4.72. The van der Waals surface area contributed by atoms with Gasteiger partial charge in [-0.3, -0.25) is 5.10 Å². The lowest BCUT2D eigenvalue weighted by atomic mass is 9.98. The van der Waals surface area contributed by atoms with E-state index in [-0.39, 0.29) is 0 Å². The Morgan fingerprint density at radius 1 is 1.53 bits per heavy atom. The zero-order chi connectivity index (χ0) is 13.5. The summed E-state index contributed by atoms with van der Waals surface area (Å²) in [5.74, 6) is 1.46. The molecule has 0 spiro atoms. The Hall–Kier alpha value is -1.25. The summed E-state index contributed by atoms with van der Waals surface area (Å²) in [5.41, 5.74) is 4.04. The van der Waals surface area contributed by atoms with Gasteiger partial charge in [0.15, 0.2) is 0 Å². The van der Waals surface area contributed by atoms with Crippen molar-refractivity contribution in [3.63, 3.8) is 0 Å². The fourth-order valence-corrected chi connectivity index (χ4v) is 3.33. The molecule has 2 aliphatic rings. The van der Waals surface area contributed by atoms with Gasteiger partial charge in [0.05, 0.1) is 5.69 Å². The minimum Gasteiger partial charge on any atom is -0.384 e. The molecule has 2 fully saturated rings. The maximum atomic E-state index is 4.25. The highest BCUT2D eigenvalue weighted by atomic mass is 15.1. The molecule has 0 saturated heterocycles. The van der Waals surface area contributed by atoms with Crippen molar-refractivity contribution >= 4 is 0 Å². The predicted molar refractivity (Wildman–Crippen MR) is 77.9 cm³/mol. The quantitative estimate of drug-likeness (QED) is 0.847. The van der Waals surface area contributed by atoms with E-state index in [1.807, 2.05) is 0 Å². The fourth-order valence-electron chi connectivity index (χ4n) is 3.33. The van der Waals surface area contributed by atoms with Gasteiger partial charge in [0.2, 0.25) is 0 Å². The number of hydrogen-bond donors (Lipinski definition) is 2. The second-order valence-corrected chi connectivity index (χ2v) is 6.83. The summed E-state index contributed by atoms with van der Waals surface area (Å²) >= 11 is 0. The first-order valence-electron chi connectivity index (χ1n) is 7.52. The Kier molecular flexibility index (Phi) is 3.15. The Morgan fingerprint density at radius 3 is 2.95 bits per heavy atom. The SMILES string of the molecule is C=C(CC1CCC(c2cc(C)n[nH]2)C1)NC1(C)CC1. The van der Waals surface area contributed by atoms with Crippen molar-refractivity contribution in [1.29, 1.82) is 0 Å². The molecule has 2 aliphatic carbocycles. The minimum atomic E-state index is 0.371. The lowest BCUT2D eigenvalue weighted by Gasteiger charge is -2.18. The van der Waals surface area contributed by atoms with Crippen LogP contribution >= 0.6 is 0 Å². The van der Waals surface area contributed by atoms with Crippen molar-refractivity contribution in [2.75, 3.05) is 0 Å². The van der Waals surface area contributed by atoms with Crippen LogP contribution in [0, 0.1) is 12.8 Å². The molecule has 104 valence electrons. The zero-order valence-electron chi connectivity index (χ0n) is 12.1. The molecular weight excluding hydrogens is 234 g/mol. The van der Waals surface area contributed by atoms with Gasteiger partial charge >= 0.3 is 0 Å². The van der Waals surface area contributed by atoms with E-state index in [0.717, 1.165) is 18.0 Å². The molecule has 19 heavy (non-hydrogen) atoms. The summed E-state index contributed by atoms with van der Waals surface area (Å²) in [6.45, 7) is 8.56. The van der Waals surface area contributed by atoms with Gasteiger partial charge in [0.1, 0.15) is 0 Å². The monoisotopic (exact) mass is 259 g/mol. The molecule has 2 unspecified atom stereocenters. The molecule has 0 radical (unpaired) electrons.